The van der Waals surface area contributed by atoms with Crippen LogP contribution in [0, 0.1) is 0 Å². The summed E-state index contributed by atoms with van der Waals surface area (Å²) in [4.78, 5) is 23.3. The standard InChI is InChI=1S/C20H22N2O4/c1-13(23)21-14-5-2-6-15(11-14)22-20(25)12-26-19-10-4-7-16-17(19)8-3-9-18(16)24/h2,4-7,10-11,18,24H,3,8-9,12H2,1H3,(H,21,23)(H,22,25)/t18-/m0/s1. The van der Waals surface area contributed by atoms with Gasteiger partial charge in [-0.3, -0.25) is 9.59 Å². The van der Waals surface area contributed by atoms with Crippen LogP contribution < -0.4 is 15.4 Å². The van der Waals surface area contributed by atoms with Crippen LogP contribution in [0.1, 0.15) is 37.0 Å². The van der Waals surface area contributed by atoms with Gasteiger partial charge in [-0.05, 0) is 54.7 Å². The molecule has 3 rings (SSSR count). The summed E-state index contributed by atoms with van der Waals surface area (Å²) >= 11 is 0. The van der Waals surface area contributed by atoms with E-state index in [4.69, 9.17) is 4.74 Å². The highest BCUT2D eigenvalue weighted by atomic mass is 16.5. The molecule has 1 aliphatic carbocycles. The summed E-state index contributed by atoms with van der Waals surface area (Å²) in [5, 5.41) is 15.5. The first-order valence-electron chi connectivity index (χ1n) is 8.63. The summed E-state index contributed by atoms with van der Waals surface area (Å²) in [6.07, 6.45) is 2.02. The topological polar surface area (TPSA) is 87.7 Å². The van der Waals surface area contributed by atoms with Crippen molar-refractivity contribution in [2.24, 2.45) is 0 Å². The van der Waals surface area contributed by atoms with Crippen molar-refractivity contribution in [3.05, 3.63) is 53.6 Å². The van der Waals surface area contributed by atoms with E-state index >= 15 is 0 Å². The molecule has 1 aliphatic rings. The Morgan fingerprint density at radius 3 is 2.65 bits per heavy atom. The third-order valence-electron chi connectivity index (χ3n) is 4.26. The first kappa shape index (κ1) is 17.9. The van der Waals surface area contributed by atoms with Crippen LogP contribution in [0.4, 0.5) is 11.4 Å². The summed E-state index contributed by atoms with van der Waals surface area (Å²) in [5.74, 6) is 0.176. The minimum atomic E-state index is -0.465. The van der Waals surface area contributed by atoms with E-state index in [1.54, 1.807) is 24.3 Å². The lowest BCUT2D eigenvalue weighted by Gasteiger charge is -2.23. The number of benzene rings is 2. The Morgan fingerprint density at radius 2 is 1.88 bits per heavy atom. The Balaban J connectivity index is 1.62. The predicted molar refractivity (Wildman–Crippen MR) is 99.2 cm³/mol. The molecule has 0 heterocycles. The van der Waals surface area contributed by atoms with Gasteiger partial charge in [0.15, 0.2) is 6.61 Å². The maximum atomic E-state index is 12.2. The summed E-state index contributed by atoms with van der Waals surface area (Å²) in [6.45, 7) is 1.30. The molecule has 3 N–H and O–H groups in total. The lowest BCUT2D eigenvalue weighted by Crippen LogP contribution is -2.21. The number of carbonyl (C=O) groups excluding carboxylic acids is 2. The van der Waals surface area contributed by atoms with Crippen LogP contribution in [0.25, 0.3) is 0 Å². The fourth-order valence-corrected chi connectivity index (χ4v) is 3.14. The number of aliphatic hydroxyl groups excluding tert-OH is 1. The van der Waals surface area contributed by atoms with Crippen LogP contribution in [0.15, 0.2) is 42.5 Å². The molecule has 0 unspecified atom stereocenters. The molecule has 2 aromatic carbocycles. The number of rotatable bonds is 5. The van der Waals surface area contributed by atoms with Gasteiger partial charge in [-0.25, -0.2) is 0 Å². The molecule has 0 bridgehead atoms. The molecule has 0 radical (unpaired) electrons. The molecule has 0 saturated heterocycles. The highest BCUT2D eigenvalue weighted by Gasteiger charge is 2.21. The molecular formula is C20H22N2O4. The number of hydrogen-bond acceptors (Lipinski definition) is 4. The zero-order chi connectivity index (χ0) is 18.5. The summed E-state index contributed by atoms with van der Waals surface area (Å²) < 4.78 is 5.69. The average molecular weight is 354 g/mol. The van der Waals surface area contributed by atoms with E-state index in [-0.39, 0.29) is 18.4 Å². The fraction of sp³-hybridized carbons (Fsp3) is 0.300. The van der Waals surface area contributed by atoms with E-state index in [1.165, 1.54) is 6.92 Å². The zero-order valence-corrected chi connectivity index (χ0v) is 14.6. The van der Waals surface area contributed by atoms with Gasteiger partial charge in [-0.15, -0.1) is 0 Å². The van der Waals surface area contributed by atoms with Gasteiger partial charge >= 0.3 is 0 Å². The number of nitrogens with one attached hydrogen (secondary N) is 2. The van der Waals surface area contributed by atoms with E-state index in [9.17, 15) is 14.7 Å². The van der Waals surface area contributed by atoms with Gasteiger partial charge in [0.25, 0.3) is 5.91 Å². The Hall–Kier alpha value is -2.86. The van der Waals surface area contributed by atoms with Crippen LogP contribution in [0.3, 0.4) is 0 Å². The van der Waals surface area contributed by atoms with E-state index in [1.807, 2.05) is 18.2 Å². The molecule has 0 fully saturated rings. The number of amides is 2. The lowest BCUT2D eigenvalue weighted by molar-refractivity contribution is -0.118. The highest BCUT2D eigenvalue weighted by Crippen LogP contribution is 2.35. The number of carbonyl (C=O) groups is 2. The monoisotopic (exact) mass is 354 g/mol. The Labute approximate surface area is 152 Å². The van der Waals surface area contributed by atoms with Gasteiger partial charge in [-0.1, -0.05) is 18.2 Å². The van der Waals surface area contributed by atoms with Gasteiger partial charge in [0.1, 0.15) is 5.75 Å². The maximum absolute atomic E-state index is 12.2. The van der Waals surface area contributed by atoms with Crippen LogP contribution in [-0.4, -0.2) is 23.5 Å². The normalized spacial score (nSPS) is 15.7. The van der Waals surface area contributed by atoms with E-state index in [0.29, 0.717) is 17.1 Å². The van der Waals surface area contributed by atoms with Gasteiger partial charge in [-0.2, -0.15) is 0 Å². The quantitative estimate of drug-likeness (QED) is 0.770. The van der Waals surface area contributed by atoms with Crippen LogP contribution in [0.2, 0.25) is 0 Å². The molecule has 0 aromatic heterocycles. The van der Waals surface area contributed by atoms with Crippen molar-refractivity contribution < 1.29 is 19.4 Å². The minimum Gasteiger partial charge on any atom is -0.483 e. The maximum Gasteiger partial charge on any atom is 0.262 e. The lowest BCUT2D eigenvalue weighted by atomic mass is 9.89. The Morgan fingerprint density at radius 1 is 1.15 bits per heavy atom. The SMILES string of the molecule is CC(=O)Nc1cccc(NC(=O)COc2cccc3c2CCC[C@@H]3O)c1. The second-order valence-corrected chi connectivity index (χ2v) is 6.33. The number of ether oxygens (including phenoxy) is 1. The van der Waals surface area contributed by atoms with Crippen molar-refractivity contribution >= 4 is 23.2 Å². The molecule has 136 valence electrons. The van der Waals surface area contributed by atoms with Crippen molar-refractivity contribution in [3.63, 3.8) is 0 Å². The van der Waals surface area contributed by atoms with Gasteiger partial charge < -0.3 is 20.5 Å². The van der Waals surface area contributed by atoms with Crippen molar-refractivity contribution in [1.82, 2.24) is 0 Å². The van der Waals surface area contributed by atoms with Crippen LogP contribution >= 0.6 is 0 Å². The third-order valence-corrected chi connectivity index (χ3v) is 4.26. The van der Waals surface area contributed by atoms with Crippen molar-refractivity contribution in [2.75, 3.05) is 17.2 Å². The summed E-state index contributed by atoms with van der Waals surface area (Å²) in [6, 6.07) is 12.5. The highest BCUT2D eigenvalue weighted by molar-refractivity contribution is 5.94. The third kappa shape index (κ3) is 4.40. The summed E-state index contributed by atoms with van der Waals surface area (Å²) in [7, 11) is 0. The molecule has 6 nitrogen and oxygen atoms in total. The van der Waals surface area contributed by atoms with Crippen LogP contribution in [0.5, 0.6) is 5.75 Å². The zero-order valence-electron chi connectivity index (χ0n) is 14.6. The van der Waals surface area contributed by atoms with Gasteiger partial charge in [0.05, 0.1) is 6.10 Å². The molecule has 26 heavy (non-hydrogen) atoms. The first-order chi connectivity index (χ1) is 12.5. The summed E-state index contributed by atoms with van der Waals surface area (Å²) in [5.41, 5.74) is 3.06. The van der Waals surface area contributed by atoms with E-state index in [2.05, 4.69) is 10.6 Å². The molecule has 0 aliphatic heterocycles. The first-order valence-corrected chi connectivity index (χ1v) is 8.63. The number of hydrogen-bond donors (Lipinski definition) is 3. The predicted octanol–water partition coefficient (Wildman–Crippen LogP) is 3.03. The number of aliphatic hydroxyl groups is 1. The molecule has 2 aromatic rings. The van der Waals surface area contributed by atoms with Crippen molar-refractivity contribution in [3.8, 4) is 5.75 Å². The Bertz CT molecular complexity index is 819. The molecular weight excluding hydrogens is 332 g/mol. The average Bonchev–Trinajstić information content (AvgIpc) is 2.60. The van der Waals surface area contributed by atoms with Crippen molar-refractivity contribution in [2.45, 2.75) is 32.3 Å². The largest absolute Gasteiger partial charge is 0.483 e. The molecule has 0 saturated carbocycles. The molecule has 6 heteroatoms. The molecule has 0 spiro atoms. The fourth-order valence-electron chi connectivity index (χ4n) is 3.14. The van der Waals surface area contributed by atoms with E-state index < -0.39 is 6.10 Å². The Kier molecular flexibility index (Phi) is 5.53. The minimum absolute atomic E-state index is 0.128. The second kappa shape index (κ2) is 8.01. The number of fused-ring (bicyclic) bond motifs is 1. The molecule has 2 amide bonds. The smallest absolute Gasteiger partial charge is 0.262 e. The second-order valence-electron chi connectivity index (χ2n) is 6.33. The van der Waals surface area contributed by atoms with E-state index in [0.717, 1.165) is 30.4 Å². The number of anilines is 2. The van der Waals surface area contributed by atoms with Crippen molar-refractivity contribution in [1.29, 1.82) is 0 Å². The molecule has 1 atom stereocenters. The van der Waals surface area contributed by atoms with Gasteiger partial charge in [0, 0.05) is 18.3 Å². The van der Waals surface area contributed by atoms with Crippen LogP contribution in [-0.2, 0) is 16.0 Å². The van der Waals surface area contributed by atoms with Gasteiger partial charge in [0.2, 0.25) is 5.91 Å².